The minimum atomic E-state index is -4.59. The highest BCUT2D eigenvalue weighted by Crippen LogP contribution is 2.37. The number of nitrogens with zero attached hydrogens (tertiary/aromatic N) is 2. The van der Waals surface area contributed by atoms with Crippen LogP contribution in [0.3, 0.4) is 0 Å². The SMILES string of the molecule is COCCN(Cc1ccc(O)cc1)C(=Nc1ccc(Cl)c(C(F)(F)F)c1)Sc1ccc(C)cc1. The maximum absolute atomic E-state index is 13.4. The summed E-state index contributed by atoms with van der Waals surface area (Å²) in [6.07, 6.45) is -4.59. The van der Waals surface area contributed by atoms with Crippen molar-refractivity contribution in [3.8, 4) is 5.75 Å². The molecule has 0 saturated heterocycles. The standard InChI is InChI=1S/C25H24ClF3N2O2S/c1-17-3-10-21(11-4-17)34-24(30-19-7-12-23(26)22(15-19)25(27,28)29)31(13-14-33-2)16-18-5-8-20(32)9-6-18/h3-12,15,32H,13-14,16H2,1-2H3. The molecule has 0 radical (unpaired) electrons. The summed E-state index contributed by atoms with van der Waals surface area (Å²) < 4.78 is 45.5. The van der Waals surface area contributed by atoms with E-state index in [2.05, 4.69) is 4.99 Å². The molecule has 3 rings (SSSR count). The van der Waals surface area contributed by atoms with E-state index in [1.165, 1.54) is 23.9 Å². The van der Waals surface area contributed by atoms with Gasteiger partial charge in [0.1, 0.15) is 5.75 Å². The second-order valence-electron chi connectivity index (χ2n) is 7.55. The van der Waals surface area contributed by atoms with Crippen molar-refractivity contribution in [2.75, 3.05) is 20.3 Å². The third-order valence-corrected chi connectivity index (χ3v) is 6.23. The van der Waals surface area contributed by atoms with Crippen LogP contribution in [0.4, 0.5) is 18.9 Å². The van der Waals surface area contributed by atoms with Crippen molar-refractivity contribution in [2.24, 2.45) is 4.99 Å². The molecular weight excluding hydrogens is 485 g/mol. The molecule has 0 spiro atoms. The van der Waals surface area contributed by atoms with Crippen molar-refractivity contribution in [1.29, 1.82) is 0 Å². The maximum atomic E-state index is 13.4. The van der Waals surface area contributed by atoms with Crippen LogP contribution in [0.25, 0.3) is 0 Å². The first-order valence-corrected chi connectivity index (χ1v) is 11.6. The normalized spacial score (nSPS) is 12.1. The zero-order valence-electron chi connectivity index (χ0n) is 18.6. The van der Waals surface area contributed by atoms with E-state index >= 15 is 0 Å². The van der Waals surface area contributed by atoms with Crippen molar-refractivity contribution in [3.05, 3.63) is 88.4 Å². The number of methoxy groups -OCH3 is 1. The molecule has 3 aromatic carbocycles. The van der Waals surface area contributed by atoms with Crippen LogP contribution in [0.15, 0.2) is 76.6 Å². The summed E-state index contributed by atoms with van der Waals surface area (Å²) in [5, 5.41) is 9.73. The van der Waals surface area contributed by atoms with Crippen LogP contribution in [0.2, 0.25) is 5.02 Å². The van der Waals surface area contributed by atoms with Gasteiger partial charge < -0.3 is 14.7 Å². The van der Waals surface area contributed by atoms with Gasteiger partial charge in [0.05, 0.1) is 22.9 Å². The Morgan fingerprint density at radius 2 is 1.74 bits per heavy atom. The third kappa shape index (κ3) is 7.41. The van der Waals surface area contributed by atoms with E-state index in [0.717, 1.165) is 22.1 Å². The highest BCUT2D eigenvalue weighted by Gasteiger charge is 2.33. The summed E-state index contributed by atoms with van der Waals surface area (Å²) in [4.78, 5) is 7.42. The number of amidine groups is 1. The van der Waals surface area contributed by atoms with Gasteiger partial charge in [-0.25, -0.2) is 4.99 Å². The van der Waals surface area contributed by atoms with E-state index in [1.54, 1.807) is 31.4 Å². The van der Waals surface area contributed by atoms with Gasteiger partial charge in [-0.2, -0.15) is 13.2 Å². The fourth-order valence-corrected chi connectivity index (χ4v) is 4.19. The number of hydrogen-bond donors (Lipinski definition) is 1. The number of halogens is 4. The Hall–Kier alpha value is -2.68. The molecule has 9 heteroatoms. The first-order valence-electron chi connectivity index (χ1n) is 10.4. The molecule has 4 nitrogen and oxygen atoms in total. The molecule has 34 heavy (non-hydrogen) atoms. The van der Waals surface area contributed by atoms with Crippen LogP contribution >= 0.6 is 23.4 Å². The van der Waals surface area contributed by atoms with Crippen LogP contribution in [0.1, 0.15) is 16.7 Å². The number of alkyl halides is 3. The van der Waals surface area contributed by atoms with E-state index in [1.807, 2.05) is 36.1 Å². The molecule has 0 aliphatic heterocycles. The lowest BCUT2D eigenvalue weighted by molar-refractivity contribution is -0.137. The summed E-state index contributed by atoms with van der Waals surface area (Å²) in [5.41, 5.74) is 1.20. The third-order valence-electron chi connectivity index (χ3n) is 4.86. The average Bonchev–Trinajstić information content (AvgIpc) is 2.79. The van der Waals surface area contributed by atoms with Gasteiger partial charge in [0.15, 0.2) is 5.17 Å². The monoisotopic (exact) mass is 508 g/mol. The molecule has 0 heterocycles. The number of thioether (sulfide) groups is 1. The van der Waals surface area contributed by atoms with Gasteiger partial charge in [0.25, 0.3) is 0 Å². The molecule has 0 aliphatic rings. The van der Waals surface area contributed by atoms with Crippen molar-refractivity contribution >= 4 is 34.2 Å². The number of ether oxygens (including phenoxy) is 1. The molecule has 3 aromatic rings. The number of aromatic hydroxyl groups is 1. The van der Waals surface area contributed by atoms with E-state index in [4.69, 9.17) is 16.3 Å². The predicted molar refractivity (Wildman–Crippen MR) is 131 cm³/mol. The van der Waals surface area contributed by atoms with E-state index in [-0.39, 0.29) is 16.5 Å². The van der Waals surface area contributed by atoms with Crippen molar-refractivity contribution in [1.82, 2.24) is 4.90 Å². The first-order chi connectivity index (χ1) is 16.2. The van der Waals surface area contributed by atoms with Crippen LogP contribution in [0, 0.1) is 6.92 Å². The highest BCUT2D eigenvalue weighted by molar-refractivity contribution is 8.13. The molecular formula is C25H24ClF3N2O2S. The molecule has 180 valence electrons. The zero-order valence-corrected chi connectivity index (χ0v) is 20.2. The Morgan fingerprint density at radius 1 is 1.06 bits per heavy atom. The lowest BCUT2D eigenvalue weighted by Crippen LogP contribution is -2.31. The van der Waals surface area contributed by atoms with E-state index in [9.17, 15) is 18.3 Å². The Kier molecular flexibility index (Phi) is 8.88. The second kappa shape index (κ2) is 11.6. The molecule has 1 N–H and O–H groups in total. The van der Waals surface area contributed by atoms with Crippen molar-refractivity contribution in [2.45, 2.75) is 24.5 Å². The molecule has 0 atom stereocenters. The van der Waals surface area contributed by atoms with E-state index < -0.39 is 11.7 Å². The predicted octanol–water partition coefficient (Wildman–Crippen LogP) is 7.30. The molecule has 0 unspecified atom stereocenters. The van der Waals surface area contributed by atoms with Gasteiger partial charge in [-0.3, -0.25) is 0 Å². The Morgan fingerprint density at radius 3 is 2.35 bits per heavy atom. The molecule has 0 bridgehead atoms. The summed E-state index contributed by atoms with van der Waals surface area (Å²) >= 11 is 7.14. The van der Waals surface area contributed by atoms with Gasteiger partial charge >= 0.3 is 6.18 Å². The molecule has 0 saturated carbocycles. The molecule has 0 fully saturated rings. The fourth-order valence-electron chi connectivity index (χ4n) is 3.05. The van der Waals surface area contributed by atoms with Gasteiger partial charge in [-0.05, 0) is 55.0 Å². The number of benzene rings is 3. The van der Waals surface area contributed by atoms with Gasteiger partial charge in [-0.1, -0.05) is 53.2 Å². The number of aryl methyl sites for hydroxylation is 1. The number of aliphatic imine (C=N–C) groups is 1. The Bertz CT molecular complexity index is 1120. The molecule has 0 amide bonds. The van der Waals surface area contributed by atoms with Crippen molar-refractivity contribution in [3.63, 3.8) is 0 Å². The summed E-state index contributed by atoms with van der Waals surface area (Å²) in [7, 11) is 1.58. The average molecular weight is 509 g/mol. The largest absolute Gasteiger partial charge is 0.508 e. The smallest absolute Gasteiger partial charge is 0.417 e. The fraction of sp³-hybridized carbons (Fsp3) is 0.240. The van der Waals surface area contributed by atoms with Crippen LogP contribution in [-0.4, -0.2) is 35.4 Å². The lowest BCUT2D eigenvalue weighted by atomic mass is 10.2. The summed E-state index contributed by atoms with van der Waals surface area (Å²) in [5.74, 6) is 0.149. The number of hydrogen-bond acceptors (Lipinski definition) is 4. The first kappa shape index (κ1) is 25.9. The molecule has 0 aromatic heterocycles. The molecule has 0 aliphatic carbocycles. The second-order valence-corrected chi connectivity index (χ2v) is 9.00. The number of rotatable bonds is 7. The zero-order chi connectivity index (χ0) is 24.7. The topological polar surface area (TPSA) is 45.1 Å². The Labute approximate surface area is 206 Å². The lowest BCUT2D eigenvalue weighted by Gasteiger charge is -2.26. The van der Waals surface area contributed by atoms with Gasteiger partial charge in [-0.15, -0.1) is 0 Å². The van der Waals surface area contributed by atoms with Gasteiger partial charge in [0, 0.05) is 25.1 Å². The van der Waals surface area contributed by atoms with Crippen LogP contribution in [0.5, 0.6) is 5.75 Å². The number of phenolic OH excluding ortho intramolecular Hbond substituents is 1. The minimum Gasteiger partial charge on any atom is -0.508 e. The minimum absolute atomic E-state index is 0.138. The Balaban J connectivity index is 2.04. The summed E-state index contributed by atoms with van der Waals surface area (Å²) in [6, 6.07) is 18.2. The van der Waals surface area contributed by atoms with Crippen LogP contribution in [-0.2, 0) is 17.5 Å². The maximum Gasteiger partial charge on any atom is 0.417 e. The van der Waals surface area contributed by atoms with E-state index in [0.29, 0.717) is 24.9 Å². The van der Waals surface area contributed by atoms with Crippen molar-refractivity contribution < 1.29 is 23.0 Å². The summed E-state index contributed by atoms with van der Waals surface area (Å²) in [6.45, 7) is 3.24. The highest BCUT2D eigenvalue weighted by atomic mass is 35.5. The quantitative estimate of drug-likeness (QED) is 0.206. The number of phenols is 1. The van der Waals surface area contributed by atoms with Crippen LogP contribution < -0.4 is 0 Å². The van der Waals surface area contributed by atoms with Gasteiger partial charge in [0.2, 0.25) is 0 Å².